The maximum absolute atomic E-state index is 13.0. The molecule has 26 heavy (non-hydrogen) atoms. The lowest BCUT2D eigenvalue weighted by molar-refractivity contribution is 0.122. The number of nitrogens with zero attached hydrogens (tertiary/aromatic N) is 4. The summed E-state index contributed by atoms with van der Waals surface area (Å²) in [6.45, 7) is 2.03. The third-order valence-corrected chi connectivity index (χ3v) is 6.99. The molecule has 0 radical (unpaired) electrons. The zero-order valence-electron chi connectivity index (χ0n) is 15.5. The number of urea groups is 1. The van der Waals surface area contributed by atoms with Gasteiger partial charge < -0.3 is 15.0 Å². The normalized spacial score (nSPS) is 26.7. The van der Waals surface area contributed by atoms with Crippen molar-refractivity contribution in [1.82, 2.24) is 25.0 Å². The number of carbonyl (C=O) groups is 1. The molecule has 0 aromatic carbocycles. The highest BCUT2D eigenvalue weighted by Gasteiger charge is 2.36. The van der Waals surface area contributed by atoms with Gasteiger partial charge in [-0.15, -0.1) is 0 Å². The van der Waals surface area contributed by atoms with Gasteiger partial charge in [-0.05, 0) is 37.4 Å². The number of aromatic nitrogens is 3. The van der Waals surface area contributed by atoms with E-state index in [4.69, 9.17) is 4.74 Å². The van der Waals surface area contributed by atoms with Gasteiger partial charge in [-0.2, -0.15) is 16.9 Å². The van der Waals surface area contributed by atoms with E-state index in [-0.39, 0.29) is 12.1 Å². The minimum absolute atomic E-state index is 0.120. The van der Waals surface area contributed by atoms with Gasteiger partial charge in [0.1, 0.15) is 12.4 Å². The summed E-state index contributed by atoms with van der Waals surface area (Å²) < 4.78 is 7.06. The van der Waals surface area contributed by atoms with Crippen molar-refractivity contribution in [3.63, 3.8) is 0 Å². The molecular formula is C18H29N5O2S. The van der Waals surface area contributed by atoms with E-state index >= 15 is 0 Å². The van der Waals surface area contributed by atoms with Gasteiger partial charge in [0.25, 0.3) is 0 Å². The highest BCUT2D eigenvalue weighted by atomic mass is 32.2. The molecule has 1 aliphatic carbocycles. The number of amides is 2. The van der Waals surface area contributed by atoms with Crippen molar-refractivity contribution >= 4 is 17.8 Å². The number of rotatable bonds is 4. The summed E-state index contributed by atoms with van der Waals surface area (Å²) in [7, 11) is 1.65. The SMILES string of the molecule is COCc1nc2n(n1)CC(NC(=O)N1CCCSCC1C1CCC1)CC2. The van der Waals surface area contributed by atoms with Crippen LogP contribution in [0.5, 0.6) is 0 Å². The molecule has 8 heteroatoms. The van der Waals surface area contributed by atoms with Gasteiger partial charge in [0, 0.05) is 31.9 Å². The Morgan fingerprint density at radius 3 is 3.00 bits per heavy atom. The summed E-state index contributed by atoms with van der Waals surface area (Å²) in [5.74, 6) is 4.69. The number of thioether (sulfide) groups is 1. The molecule has 3 aliphatic rings. The second-order valence-electron chi connectivity index (χ2n) is 7.62. The molecule has 1 saturated heterocycles. The monoisotopic (exact) mass is 379 g/mol. The van der Waals surface area contributed by atoms with Gasteiger partial charge in [0.15, 0.2) is 5.82 Å². The van der Waals surface area contributed by atoms with Crippen LogP contribution in [0.15, 0.2) is 0 Å². The summed E-state index contributed by atoms with van der Waals surface area (Å²) >= 11 is 2.01. The predicted molar refractivity (Wildman–Crippen MR) is 101 cm³/mol. The molecule has 1 aromatic heterocycles. The second-order valence-corrected chi connectivity index (χ2v) is 8.77. The Balaban J connectivity index is 1.38. The maximum Gasteiger partial charge on any atom is 0.317 e. The van der Waals surface area contributed by atoms with E-state index in [1.165, 1.54) is 25.0 Å². The van der Waals surface area contributed by atoms with E-state index < -0.39 is 0 Å². The molecule has 1 N–H and O–H groups in total. The minimum atomic E-state index is 0.120. The Morgan fingerprint density at radius 2 is 2.23 bits per heavy atom. The number of hydrogen-bond donors (Lipinski definition) is 1. The number of fused-ring (bicyclic) bond motifs is 1. The van der Waals surface area contributed by atoms with Crippen molar-refractivity contribution in [3.8, 4) is 0 Å². The molecule has 2 amide bonds. The van der Waals surface area contributed by atoms with Crippen LogP contribution in [-0.4, -0.2) is 62.9 Å². The van der Waals surface area contributed by atoms with Crippen molar-refractivity contribution in [2.75, 3.05) is 25.2 Å². The van der Waals surface area contributed by atoms with Crippen LogP contribution in [0.1, 0.15) is 43.8 Å². The third kappa shape index (κ3) is 3.86. The molecule has 0 spiro atoms. The Morgan fingerprint density at radius 1 is 1.35 bits per heavy atom. The van der Waals surface area contributed by atoms with Crippen LogP contribution in [0, 0.1) is 5.92 Å². The topological polar surface area (TPSA) is 72.3 Å². The highest BCUT2D eigenvalue weighted by molar-refractivity contribution is 7.99. The number of methoxy groups -OCH3 is 1. The Hall–Kier alpha value is -1.28. The molecule has 7 nitrogen and oxygen atoms in total. The lowest BCUT2D eigenvalue weighted by Gasteiger charge is -2.40. The maximum atomic E-state index is 13.0. The number of aryl methyl sites for hydroxylation is 1. The average Bonchev–Trinajstić information content (AvgIpc) is 2.81. The molecule has 2 unspecified atom stereocenters. The predicted octanol–water partition coefficient (Wildman–Crippen LogP) is 2.06. The number of nitrogens with one attached hydrogen (secondary N) is 1. The largest absolute Gasteiger partial charge is 0.377 e. The van der Waals surface area contributed by atoms with E-state index in [0.717, 1.165) is 43.2 Å². The van der Waals surface area contributed by atoms with Crippen LogP contribution in [0.25, 0.3) is 0 Å². The number of hydrogen-bond acceptors (Lipinski definition) is 5. The van der Waals surface area contributed by atoms with Gasteiger partial charge in [-0.1, -0.05) is 6.42 Å². The molecule has 0 bridgehead atoms. The zero-order chi connectivity index (χ0) is 17.9. The summed E-state index contributed by atoms with van der Waals surface area (Å²) in [6.07, 6.45) is 6.76. The van der Waals surface area contributed by atoms with Gasteiger partial charge >= 0.3 is 6.03 Å². The van der Waals surface area contributed by atoms with Crippen LogP contribution < -0.4 is 5.32 Å². The lowest BCUT2D eigenvalue weighted by atomic mass is 9.79. The van der Waals surface area contributed by atoms with Gasteiger partial charge in [0.2, 0.25) is 0 Å². The first-order valence-electron chi connectivity index (χ1n) is 9.81. The first-order valence-corrected chi connectivity index (χ1v) is 11.0. The standard InChI is InChI=1S/C18H29N5O2S/c1-25-11-16-20-17-7-6-14(10-23(17)21-16)19-18(24)22-8-3-9-26-12-15(22)13-4-2-5-13/h13-15H,2-12H2,1H3,(H,19,24). The lowest BCUT2D eigenvalue weighted by Crippen LogP contribution is -2.54. The molecule has 4 rings (SSSR count). The van der Waals surface area contributed by atoms with Crippen LogP contribution >= 0.6 is 11.8 Å². The fourth-order valence-corrected chi connectivity index (χ4v) is 5.38. The molecule has 144 valence electrons. The van der Waals surface area contributed by atoms with E-state index in [2.05, 4.69) is 20.3 Å². The molecular weight excluding hydrogens is 350 g/mol. The van der Waals surface area contributed by atoms with Crippen LogP contribution in [0.3, 0.4) is 0 Å². The highest BCUT2D eigenvalue weighted by Crippen LogP contribution is 2.35. The number of ether oxygens (including phenoxy) is 1. The average molecular weight is 380 g/mol. The number of carbonyl (C=O) groups excluding carboxylic acids is 1. The quantitative estimate of drug-likeness (QED) is 0.867. The van der Waals surface area contributed by atoms with Crippen molar-refractivity contribution in [3.05, 3.63) is 11.6 Å². The van der Waals surface area contributed by atoms with E-state index in [0.29, 0.717) is 25.1 Å². The van der Waals surface area contributed by atoms with Gasteiger partial charge in [-0.25, -0.2) is 14.5 Å². The molecule has 1 aromatic rings. The van der Waals surface area contributed by atoms with E-state index in [1.807, 2.05) is 16.4 Å². The summed E-state index contributed by atoms with van der Waals surface area (Å²) in [5.41, 5.74) is 0. The summed E-state index contributed by atoms with van der Waals surface area (Å²) in [6, 6.07) is 0.662. The smallest absolute Gasteiger partial charge is 0.317 e. The second kappa shape index (κ2) is 8.17. The minimum Gasteiger partial charge on any atom is -0.377 e. The molecule has 2 aliphatic heterocycles. The first-order chi connectivity index (χ1) is 12.7. The fourth-order valence-electron chi connectivity index (χ4n) is 4.19. The van der Waals surface area contributed by atoms with E-state index in [1.54, 1.807) is 7.11 Å². The Bertz CT molecular complexity index is 633. The Labute approximate surface area is 159 Å². The summed E-state index contributed by atoms with van der Waals surface area (Å²) in [4.78, 5) is 19.7. The van der Waals surface area contributed by atoms with Crippen molar-refractivity contribution in [2.45, 2.75) is 63.8 Å². The molecule has 1 saturated carbocycles. The summed E-state index contributed by atoms with van der Waals surface area (Å²) in [5, 5.41) is 7.79. The van der Waals surface area contributed by atoms with Crippen molar-refractivity contribution in [2.24, 2.45) is 5.92 Å². The molecule has 3 heterocycles. The van der Waals surface area contributed by atoms with Gasteiger partial charge in [-0.3, -0.25) is 0 Å². The van der Waals surface area contributed by atoms with E-state index in [9.17, 15) is 4.79 Å². The van der Waals surface area contributed by atoms with Crippen molar-refractivity contribution < 1.29 is 9.53 Å². The van der Waals surface area contributed by atoms with Crippen LogP contribution in [0.2, 0.25) is 0 Å². The third-order valence-electron chi connectivity index (χ3n) is 5.83. The Kier molecular flexibility index (Phi) is 5.69. The van der Waals surface area contributed by atoms with Crippen LogP contribution in [-0.2, 0) is 24.3 Å². The van der Waals surface area contributed by atoms with Crippen LogP contribution in [0.4, 0.5) is 4.79 Å². The van der Waals surface area contributed by atoms with Gasteiger partial charge in [0.05, 0.1) is 12.6 Å². The first kappa shape index (κ1) is 18.1. The molecule has 2 fully saturated rings. The van der Waals surface area contributed by atoms with Crippen molar-refractivity contribution in [1.29, 1.82) is 0 Å². The molecule has 2 atom stereocenters. The zero-order valence-corrected chi connectivity index (χ0v) is 16.3. The fraction of sp³-hybridized carbons (Fsp3) is 0.833.